The van der Waals surface area contributed by atoms with Crippen molar-refractivity contribution < 1.29 is 22.3 Å². The molecular weight excluding hydrogens is 427 g/mol. The van der Waals surface area contributed by atoms with E-state index in [1.54, 1.807) is 6.07 Å². The fraction of sp³-hybridized carbons (Fsp3) is 0.235. The minimum atomic E-state index is -4.22. The van der Waals surface area contributed by atoms with Crippen LogP contribution < -0.4 is 14.8 Å². The van der Waals surface area contributed by atoms with Crippen LogP contribution in [0.2, 0.25) is 0 Å². The molecule has 2 aromatic rings. The number of nitrogens with two attached hydrogens (primary N) is 1. The van der Waals surface area contributed by atoms with Crippen molar-refractivity contribution in [2.45, 2.75) is 23.8 Å². The molecule has 0 fully saturated rings. The SMILES string of the molecule is NS(=O)(=O)c1cc2c(cc1F)CCN2C(=O)C1Cc2ccc(Br)cc2O1. The Morgan fingerprint density at radius 3 is 2.77 bits per heavy atom. The van der Waals surface area contributed by atoms with Crippen molar-refractivity contribution in [2.75, 3.05) is 11.4 Å². The van der Waals surface area contributed by atoms with E-state index >= 15 is 0 Å². The van der Waals surface area contributed by atoms with Crippen LogP contribution in [0.3, 0.4) is 0 Å². The lowest BCUT2D eigenvalue weighted by Crippen LogP contribution is -2.40. The smallest absolute Gasteiger partial charge is 0.268 e. The van der Waals surface area contributed by atoms with Gasteiger partial charge in [-0.25, -0.2) is 17.9 Å². The number of hydrogen-bond donors (Lipinski definition) is 1. The Balaban J connectivity index is 1.65. The third kappa shape index (κ3) is 2.89. The Kier molecular flexibility index (Phi) is 4.05. The molecular formula is C17H14BrFN2O4S. The quantitative estimate of drug-likeness (QED) is 0.774. The van der Waals surface area contributed by atoms with Crippen LogP contribution in [0.4, 0.5) is 10.1 Å². The molecule has 2 heterocycles. The van der Waals surface area contributed by atoms with E-state index in [4.69, 9.17) is 9.88 Å². The summed E-state index contributed by atoms with van der Waals surface area (Å²) >= 11 is 3.36. The lowest BCUT2D eigenvalue weighted by atomic mass is 10.1. The predicted molar refractivity (Wildman–Crippen MR) is 96.1 cm³/mol. The first-order chi connectivity index (χ1) is 12.2. The lowest BCUT2D eigenvalue weighted by molar-refractivity contribution is -0.124. The summed E-state index contributed by atoms with van der Waals surface area (Å²) in [7, 11) is -4.22. The Bertz CT molecular complexity index is 1040. The molecule has 136 valence electrons. The van der Waals surface area contributed by atoms with Crippen LogP contribution >= 0.6 is 15.9 Å². The minimum absolute atomic E-state index is 0.289. The molecule has 0 saturated heterocycles. The fourth-order valence-corrected chi connectivity index (χ4v) is 4.29. The van der Waals surface area contributed by atoms with Crippen molar-refractivity contribution >= 4 is 37.5 Å². The van der Waals surface area contributed by atoms with Crippen LogP contribution in [0.5, 0.6) is 5.75 Å². The predicted octanol–water partition coefficient (Wildman–Crippen LogP) is 2.13. The number of primary sulfonamides is 1. The molecule has 0 aromatic heterocycles. The van der Waals surface area contributed by atoms with Gasteiger partial charge < -0.3 is 9.64 Å². The van der Waals surface area contributed by atoms with E-state index in [-0.39, 0.29) is 5.91 Å². The van der Waals surface area contributed by atoms with E-state index in [0.29, 0.717) is 36.4 Å². The number of halogens is 2. The van der Waals surface area contributed by atoms with E-state index in [0.717, 1.165) is 22.2 Å². The highest BCUT2D eigenvalue weighted by molar-refractivity contribution is 9.10. The molecule has 6 nitrogen and oxygen atoms in total. The van der Waals surface area contributed by atoms with Crippen molar-refractivity contribution in [3.8, 4) is 5.75 Å². The molecule has 0 bridgehead atoms. The van der Waals surface area contributed by atoms with Crippen molar-refractivity contribution in [1.29, 1.82) is 0 Å². The molecule has 0 radical (unpaired) electrons. The monoisotopic (exact) mass is 440 g/mol. The molecule has 1 unspecified atom stereocenters. The number of carbonyl (C=O) groups is 1. The van der Waals surface area contributed by atoms with Gasteiger partial charge in [-0.3, -0.25) is 4.79 Å². The molecule has 1 amide bonds. The summed E-state index contributed by atoms with van der Waals surface area (Å²) in [6.07, 6.45) is 0.165. The average molecular weight is 441 g/mol. The van der Waals surface area contributed by atoms with Gasteiger partial charge in [-0.15, -0.1) is 0 Å². The lowest BCUT2D eigenvalue weighted by Gasteiger charge is -2.21. The van der Waals surface area contributed by atoms with Gasteiger partial charge in [-0.05, 0) is 41.8 Å². The number of ether oxygens (including phenoxy) is 1. The van der Waals surface area contributed by atoms with Gasteiger partial charge in [-0.2, -0.15) is 0 Å². The van der Waals surface area contributed by atoms with E-state index in [1.807, 2.05) is 12.1 Å². The van der Waals surface area contributed by atoms with E-state index in [1.165, 1.54) is 4.90 Å². The van der Waals surface area contributed by atoms with E-state index in [2.05, 4.69) is 15.9 Å². The van der Waals surface area contributed by atoms with Gasteiger partial charge in [0.05, 0.1) is 0 Å². The fourth-order valence-electron chi connectivity index (χ4n) is 3.35. The Morgan fingerprint density at radius 2 is 2.04 bits per heavy atom. The van der Waals surface area contributed by atoms with Crippen molar-refractivity contribution in [2.24, 2.45) is 5.14 Å². The van der Waals surface area contributed by atoms with Gasteiger partial charge in [0.25, 0.3) is 5.91 Å². The zero-order valence-corrected chi connectivity index (χ0v) is 15.8. The maximum atomic E-state index is 14.0. The molecule has 4 rings (SSSR count). The number of fused-ring (bicyclic) bond motifs is 2. The first-order valence-corrected chi connectivity index (χ1v) is 10.2. The third-order valence-electron chi connectivity index (χ3n) is 4.58. The number of nitrogens with zero attached hydrogens (tertiary/aromatic N) is 1. The molecule has 0 spiro atoms. The molecule has 0 aliphatic carbocycles. The maximum absolute atomic E-state index is 14.0. The van der Waals surface area contributed by atoms with Crippen LogP contribution in [0.25, 0.3) is 0 Å². The third-order valence-corrected chi connectivity index (χ3v) is 6.00. The summed E-state index contributed by atoms with van der Waals surface area (Å²) in [5.74, 6) is -0.556. The number of benzene rings is 2. The summed E-state index contributed by atoms with van der Waals surface area (Å²) in [6, 6.07) is 7.82. The number of hydrogen-bond acceptors (Lipinski definition) is 4. The molecule has 26 heavy (non-hydrogen) atoms. The largest absolute Gasteiger partial charge is 0.480 e. The van der Waals surface area contributed by atoms with Crippen molar-refractivity contribution in [1.82, 2.24) is 0 Å². The van der Waals surface area contributed by atoms with Gasteiger partial charge >= 0.3 is 0 Å². The second-order valence-corrected chi connectivity index (χ2v) is 8.70. The minimum Gasteiger partial charge on any atom is -0.480 e. The Labute approximate surface area is 157 Å². The summed E-state index contributed by atoms with van der Waals surface area (Å²) in [4.78, 5) is 13.7. The normalized spacial score (nSPS) is 18.4. The second kappa shape index (κ2) is 6.04. The highest BCUT2D eigenvalue weighted by Crippen LogP contribution is 2.36. The number of sulfonamides is 1. The van der Waals surface area contributed by atoms with Crippen LogP contribution in [-0.4, -0.2) is 27.0 Å². The van der Waals surface area contributed by atoms with Crippen LogP contribution in [-0.2, 0) is 27.7 Å². The molecule has 2 aliphatic rings. The van der Waals surface area contributed by atoms with E-state index < -0.39 is 26.8 Å². The summed E-state index contributed by atoms with van der Waals surface area (Å²) < 4.78 is 43.8. The molecule has 0 saturated carbocycles. The van der Waals surface area contributed by atoms with Crippen LogP contribution in [0.15, 0.2) is 39.7 Å². The van der Waals surface area contributed by atoms with Gasteiger partial charge in [0, 0.05) is 23.1 Å². The highest BCUT2D eigenvalue weighted by atomic mass is 79.9. The zero-order valence-electron chi connectivity index (χ0n) is 13.4. The topological polar surface area (TPSA) is 89.7 Å². The second-order valence-electron chi connectivity index (χ2n) is 6.26. The number of amides is 1. The molecule has 2 aliphatic heterocycles. The molecule has 2 N–H and O–H groups in total. The summed E-state index contributed by atoms with van der Waals surface area (Å²) in [5, 5.41) is 5.07. The number of carbonyl (C=O) groups excluding carboxylic acids is 1. The van der Waals surface area contributed by atoms with Crippen LogP contribution in [0.1, 0.15) is 11.1 Å². The Hall–Kier alpha value is -1.97. The van der Waals surface area contributed by atoms with Gasteiger partial charge in [-0.1, -0.05) is 22.0 Å². The van der Waals surface area contributed by atoms with Crippen LogP contribution in [0, 0.1) is 5.82 Å². The zero-order chi connectivity index (χ0) is 18.6. The van der Waals surface area contributed by atoms with Gasteiger partial charge in [0.15, 0.2) is 6.10 Å². The first kappa shape index (κ1) is 17.4. The average Bonchev–Trinajstić information content (AvgIpc) is 3.15. The molecule has 9 heteroatoms. The number of rotatable bonds is 2. The Morgan fingerprint density at radius 1 is 1.27 bits per heavy atom. The molecule has 2 aromatic carbocycles. The standard InChI is InChI=1S/C17H14BrFN2O4S/c18-11-2-1-10-6-15(25-14(10)7-11)17(22)21-4-3-9-5-12(19)16(8-13(9)21)26(20,23)24/h1-2,5,7-8,15H,3-4,6H2,(H2,20,23,24). The molecule has 1 atom stereocenters. The van der Waals surface area contributed by atoms with Gasteiger partial charge in [0.1, 0.15) is 16.5 Å². The van der Waals surface area contributed by atoms with Crippen molar-refractivity contribution in [3.05, 3.63) is 51.7 Å². The van der Waals surface area contributed by atoms with Crippen molar-refractivity contribution in [3.63, 3.8) is 0 Å². The summed E-state index contributed by atoms with van der Waals surface area (Å²) in [6.45, 7) is 0.335. The summed E-state index contributed by atoms with van der Waals surface area (Å²) in [5.41, 5.74) is 1.86. The van der Waals surface area contributed by atoms with E-state index in [9.17, 15) is 17.6 Å². The van der Waals surface area contributed by atoms with Gasteiger partial charge in [0.2, 0.25) is 10.0 Å². The first-order valence-electron chi connectivity index (χ1n) is 7.86. The maximum Gasteiger partial charge on any atom is 0.268 e. The number of anilines is 1. The highest BCUT2D eigenvalue weighted by Gasteiger charge is 2.36.